The maximum Gasteiger partial charge on any atom is 0.298 e. The maximum absolute atomic E-state index is 11.5. The van der Waals surface area contributed by atoms with Crippen LogP contribution in [0.5, 0.6) is 5.88 Å². The van der Waals surface area contributed by atoms with E-state index in [-0.39, 0.29) is 23.8 Å². The number of benzene rings is 3. The van der Waals surface area contributed by atoms with Crippen LogP contribution in [0.25, 0.3) is 10.9 Å². The molecule has 0 radical (unpaired) electrons. The fourth-order valence-electron chi connectivity index (χ4n) is 3.34. The summed E-state index contributed by atoms with van der Waals surface area (Å²) in [4.78, 5) is 10.2. The first-order valence-electron chi connectivity index (χ1n) is 9.43. The van der Waals surface area contributed by atoms with Gasteiger partial charge in [0.05, 0.1) is 21.9 Å². The molecule has 1 heterocycles. The Morgan fingerprint density at radius 1 is 1.06 bits per heavy atom. The van der Waals surface area contributed by atoms with E-state index in [0.717, 1.165) is 23.8 Å². The minimum absolute atomic E-state index is 0.0995. The SMILES string of the molecule is NS(=O)(=O)c1ccc(N=Nc2c(O)n(Cc3ccccc3Cl)c3ccccc23)c([N+](=O)[O-])c1. The number of rotatable bonds is 6. The molecule has 4 rings (SSSR count). The van der Waals surface area contributed by atoms with Crippen LogP contribution in [0.3, 0.4) is 0 Å². The molecule has 0 saturated heterocycles. The lowest BCUT2D eigenvalue weighted by Gasteiger charge is -2.08. The molecule has 0 atom stereocenters. The van der Waals surface area contributed by atoms with Crippen LogP contribution in [0.4, 0.5) is 17.1 Å². The number of hydrogen-bond donors (Lipinski definition) is 2. The number of nitro benzene ring substituents is 1. The van der Waals surface area contributed by atoms with Crippen LogP contribution in [-0.4, -0.2) is 23.0 Å². The van der Waals surface area contributed by atoms with Gasteiger partial charge in [-0.15, -0.1) is 10.2 Å². The molecule has 0 saturated carbocycles. The Labute approximate surface area is 192 Å². The summed E-state index contributed by atoms with van der Waals surface area (Å²) in [7, 11) is -4.14. The summed E-state index contributed by atoms with van der Waals surface area (Å²) in [5.74, 6) is -0.205. The van der Waals surface area contributed by atoms with E-state index in [1.54, 1.807) is 41.0 Å². The second-order valence-electron chi connectivity index (χ2n) is 7.02. The van der Waals surface area contributed by atoms with Gasteiger partial charge in [-0.3, -0.25) is 10.1 Å². The molecule has 0 unspecified atom stereocenters. The van der Waals surface area contributed by atoms with Gasteiger partial charge in [-0.25, -0.2) is 13.6 Å². The van der Waals surface area contributed by atoms with Crippen LogP contribution >= 0.6 is 11.6 Å². The summed E-state index contributed by atoms with van der Waals surface area (Å²) in [6, 6.07) is 17.3. The summed E-state index contributed by atoms with van der Waals surface area (Å²) in [5.41, 5.74) is 0.734. The van der Waals surface area contributed by atoms with Gasteiger partial charge in [-0.2, -0.15) is 0 Å². The zero-order valence-electron chi connectivity index (χ0n) is 16.8. The standard InChI is InChI=1S/C21H16ClN5O5S/c22-16-7-3-1-5-13(16)12-26-18-8-4-2-6-15(18)20(21(26)28)25-24-17-10-9-14(33(23,31)32)11-19(17)27(29)30/h1-11,28H,12H2,(H2,23,31,32). The first-order valence-corrected chi connectivity index (χ1v) is 11.4. The van der Waals surface area contributed by atoms with E-state index in [1.807, 2.05) is 12.1 Å². The fourth-order valence-corrected chi connectivity index (χ4v) is 4.07. The number of halogens is 1. The van der Waals surface area contributed by atoms with E-state index in [2.05, 4.69) is 10.2 Å². The molecule has 0 aliphatic rings. The highest BCUT2D eigenvalue weighted by Crippen LogP contribution is 2.41. The van der Waals surface area contributed by atoms with E-state index in [4.69, 9.17) is 16.7 Å². The van der Waals surface area contributed by atoms with E-state index in [1.165, 1.54) is 0 Å². The van der Waals surface area contributed by atoms with Gasteiger partial charge in [0.2, 0.25) is 15.9 Å². The molecule has 0 amide bonds. The fraction of sp³-hybridized carbons (Fsp3) is 0.0476. The summed E-state index contributed by atoms with van der Waals surface area (Å²) >= 11 is 6.27. The van der Waals surface area contributed by atoms with Crippen molar-refractivity contribution in [1.29, 1.82) is 0 Å². The summed E-state index contributed by atoms with van der Waals surface area (Å²) in [6.45, 7) is 0.255. The van der Waals surface area contributed by atoms with Crippen molar-refractivity contribution in [2.24, 2.45) is 15.4 Å². The molecule has 168 valence electrons. The predicted octanol–water partition coefficient (Wildman–Crippen LogP) is 5.02. The lowest BCUT2D eigenvalue weighted by Crippen LogP contribution is -2.12. The average molecular weight is 486 g/mol. The molecule has 0 fully saturated rings. The molecule has 3 N–H and O–H groups in total. The highest BCUT2D eigenvalue weighted by atomic mass is 35.5. The number of nitro groups is 1. The van der Waals surface area contributed by atoms with Crippen molar-refractivity contribution in [2.45, 2.75) is 11.4 Å². The number of sulfonamides is 1. The highest BCUT2D eigenvalue weighted by Gasteiger charge is 2.21. The molecule has 10 nitrogen and oxygen atoms in total. The molecule has 33 heavy (non-hydrogen) atoms. The third kappa shape index (κ3) is 4.42. The summed E-state index contributed by atoms with van der Waals surface area (Å²) in [6.07, 6.45) is 0. The Morgan fingerprint density at radius 3 is 2.45 bits per heavy atom. The molecule has 0 bridgehead atoms. The first-order chi connectivity index (χ1) is 15.7. The minimum atomic E-state index is -4.14. The number of hydrogen-bond acceptors (Lipinski definition) is 7. The van der Waals surface area contributed by atoms with Gasteiger partial charge in [-0.1, -0.05) is 48.0 Å². The monoisotopic (exact) mass is 485 g/mol. The highest BCUT2D eigenvalue weighted by molar-refractivity contribution is 7.89. The van der Waals surface area contributed by atoms with Crippen LogP contribution in [0.15, 0.2) is 81.9 Å². The summed E-state index contributed by atoms with van der Waals surface area (Å²) in [5, 5.41) is 36.5. The van der Waals surface area contributed by atoms with Crippen molar-refractivity contribution in [3.63, 3.8) is 0 Å². The third-order valence-corrected chi connectivity index (χ3v) is 6.21. The maximum atomic E-state index is 11.5. The normalized spacial score (nSPS) is 11.9. The Bertz CT molecular complexity index is 1530. The van der Waals surface area contributed by atoms with Gasteiger partial charge in [0.15, 0.2) is 11.4 Å². The van der Waals surface area contributed by atoms with Gasteiger partial charge in [0.1, 0.15) is 0 Å². The zero-order valence-corrected chi connectivity index (χ0v) is 18.4. The van der Waals surface area contributed by atoms with Crippen LogP contribution < -0.4 is 5.14 Å². The molecule has 0 aliphatic carbocycles. The van der Waals surface area contributed by atoms with Crippen LogP contribution in [0.2, 0.25) is 5.02 Å². The molecule has 4 aromatic rings. The summed E-state index contributed by atoms with van der Waals surface area (Å²) < 4.78 is 24.6. The van der Waals surface area contributed by atoms with Crippen LogP contribution in [0, 0.1) is 10.1 Å². The quantitative estimate of drug-likeness (QED) is 0.223. The van der Waals surface area contributed by atoms with E-state index in [9.17, 15) is 23.6 Å². The molecule has 3 aromatic carbocycles. The molecule has 0 spiro atoms. The third-order valence-electron chi connectivity index (χ3n) is 4.93. The van der Waals surface area contributed by atoms with Crippen molar-refractivity contribution < 1.29 is 18.4 Å². The van der Waals surface area contributed by atoms with Crippen molar-refractivity contribution in [1.82, 2.24) is 4.57 Å². The number of primary sulfonamides is 1. The molecule has 1 aromatic heterocycles. The lowest BCUT2D eigenvalue weighted by molar-refractivity contribution is -0.384. The minimum Gasteiger partial charge on any atom is -0.493 e. The van der Waals surface area contributed by atoms with Gasteiger partial charge in [0.25, 0.3) is 5.69 Å². The predicted molar refractivity (Wildman–Crippen MR) is 123 cm³/mol. The van der Waals surface area contributed by atoms with Gasteiger partial charge in [-0.05, 0) is 29.8 Å². The Balaban J connectivity index is 1.81. The molecular formula is C21H16ClN5O5S. The number of nitrogens with zero attached hydrogens (tertiary/aromatic N) is 4. The average Bonchev–Trinajstić information content (AvgIpc) is 3.04. The van der Waals surface area contributed by atoms with Crippen LogP contribution in [0.1, 0.15) is 5.56 Å². The van der Waals surface area contributed by atoms with Crippen molar-refractivity contribution in [3.05, 3.63) is 87.4 Å². The number of aromatic hydroxyl groups is 1. The smallest absolute Gasteiger partial charge is 0.298 e. The second-order valence-corrected chi connectivity index (χ2v) is 8.99. The lowest BCUT2D eigenvalue weighted by atomic mass is 10.2. The number of aromatic nitrogens is 1. The largest absolute Gasteiger partial charge is 0.493 e. The van der Waals surface area contributed by atoms with Crippen LogP contribution in [-0.2, 0) is 16.6 Å². The number of para-hydroxylation sites is 1. The zero-order chi connectivity index (χ0) is 23.8. The topological polar surface area (TPSA) is 153 Å². The van der Waals surface area contributed by atoms with E-state index >= 15 is 0 Å². The Kier molecular flexibility index (Phi) is 5.85. The first kappa shape index (κ1) is 22.4. The van der Waals surface area contributed by atoms with Crippen molar-refractivity contribution in [2.75, 3.05) is 0 Å². The van der Waals surface area contributed by atoms with Crippen molar-refractivity contribution in [3.8, 4) is 5.88 Å². The van der Waals surface area contributed by atoms with E-state index < -0.39 is 25.5 Å². The Morgan fingerprint density at radius 2 is 1.76 bits per heavy atom. The molecular weight excluding hydrogens is 470 g/mol. The van der Waals surface area contributed by atoms with Gasteiger partial charge >= 0.3 is 0 Å². The Hall–Kier alpha value is -3.80. The second kappa shape index (κ2) is 8.62. The molecule has 0 aliphatic heterocycles. The van der Waals surface area contributed by atoms with Crippen molar-refractivity contribution >= 4 is 49.6 Å². The number of azo groups is 1. The van der Waals surface area contributed by atoms with Gasteiger partial charge < -0.3 is 9.67 Å². The van der Waals surface area contributed by atoms with Gasteiger partial charge in [0, 0.05) is 16.5 Å². The molecule has 12 heteroatoms. The number of nitrogens with two attached hydrogens (primary N) is 1. The number of fused-ring (bicyclic) bond motifs is 1. The van der Waals surface area contributed by atoms with E-state index in [0.29, 0.717) is 15.9 Å².